The summed E-state index contributed by atoms with van der Waals surface area (Å²) >= 11 is 0. The molecule has 0 atom stereocenters. The van der Waals surface area contributed by atoms with E-state index in [2.05, 4.69) is 27.0 Å². The number of hydrogen-bond acceptors (Lipinski definition) is 4. The van der Waals surface area contributed by atoms with E-state index < -0.39 is 0 Å². The van der Waals surface area contributed by atoms with Crippen LogP contribution >= 0.6 is 0 Å². The molecule has 0 aliphatic carbocycles. The van der Waals surface area contributed by atoms with Crippen molar-refractivity contribution in [2.45, 2.75) is 33.1 Å². The van der Waals surface area contributed by atoms with E-state index in [-0.39, 0.29) is 5.82 Å². The van der Waals surface area contributed by atoms with Crippen molar-refractivity contribution in [3.63, 3.8) is 0 Å². The van der Waals surface area contributed by atoms with Crippen molar-refractivity contribution in [1.82, 2.24) is 28.9 Å². The van der Waals surface area contributed by atoms with Crippen LogP contribution in [0.25, 0.3) is 22.6 Å². The summed E-state index contributed by atoms with van der Waals surface area (Å²) in [5.74, 6) is 0.299. The molecule has 0 amide bonds. The molecule has 7 heteroatoms. The third-order valence-electron chi connectivity index (χ3n) is 5.92. The van der Waals surface area contributed by atoms with Crippen LogP contribution in [0.15, 0.2) is 30.7 Å². The van der Waals surface area contributed by atoms with Crippen molar-refractivity contribution < 1.29 is 4.39 Å². The van der Waals surface area contributed by atoms with E-state index in [1.165, 1.54) is 18.9 Å². The van der Waals surface area contributed by atoms with Crippen LogP contribution in [0.4, 0.5) is 4.39 Å². The predicted octanol–water partition coefficient (Wildman–Crippen LogP) is 3.68. The van der Waals surface area contributed by atoms with Crippen molar-refractivity contribution >= 4 is 11.3 Å². The summed E-state index contributed by atoms with van der Waals surface area (Å²) in [7, 11) is 2.16. The number of imidazole rings is 2. The minimum Gasteiger partial charge on any atom is -0.306 e. The van der Waals surface area contributed by atoms with Gasteiger partial charge in [0, 0.05) is 18.0 Å². The number of halogens is 1. The topological polar surface area (TPSA) is 50.7 Å². The zero-order chi connectivity index (χ0) is 20.1. The fourth-order valence-corrected chi connectivity index (χ4v) is 4.29. The number of piperidine rings is 1. The summed E-state index contributed by atoms with van der Waals surface area (Å²) in [5.41, 5.74) is 5.54. The zero-order valence-electron chi connectivity index (χ0n) is 17.1. The van der Waals surface area contributed by atoms with Gasteiger partial charge in [0.15, 0.2) is 17.1 Å². The summed E-state index contributed by atoms with van der Waals surface area (Å²) < 4.78 is 18.4. The molecule has 0 unspecified atom stereocenters. The van der Waals surface area contributed by atoms with Gasteiger partial charge in [-0.1, -0.05) is 0 Å². The molecule has 0 saturated carbocycles. The van der Waals surface area contributed by atoms with E-state index in [1.54, 1.807) is 8.92 Å². The maximum atomic E-state index is 14.9. The Balaban J connectivity index is 1.49. The molecule has 29 heavy (non-hydrogen) atoms. The van der Waals surface area contributed by atoms with Crippen molar-refractivity contribution in [2.75, 3.05) is 20.1 Å². The molecule has 1 fully saturated rings. The summed E-state index contributed by atoms with van der Waals surface area (Å²) in [6.45, 7) is 6.19. The molecule has 1 aliphatic rings. The third-order valence-corrected chi connectivity index (χ3v) is 5.92. The molecule has 5 heterocycles. The lowest BCUT2D eigenvalue weighted by Crippen LogP contribution is -2.30. The molecule has 0 N–H and O–H groups in total. The lowest BCUT2D eigenvalue weighted by Gasteiger charge is -2.28. The van der Waals surface area contributed by atoms with E-state index in [1.807, 2.05) is 38.5 Å². The van der Waals surface area contributed by atoms with Crippen LogP contribution < -0.4 is 0 Å². The Bertz CT molecular complexity index is 1200. The largest absolute Gasteiger partial charge is 0.306 e. The Morgan fingerprint density at radius 2 is 1.83 bits per heavy atom. The lowest BCUT2D eigenvalue weighted by atomic mass is 9.93. The first-order valence-electron chi connectivity index (χ1n) is 10.2. The molecular formula is C22H25FN6. The number of aromatic nitrogens is 5. The normalized spacial score (nSPS) is 16.3. The third kappa shape index (κ3) is 3.40. The molecule has 6 nitrogen and oxygen atoms in total. The van der Waals surface area contributed by atoms with E-state index in [0.29, 0.717) is 11.6 Å². The highest BCUT2D eigenvalue weighted by Crippen LogP contribution is 2.25. The van der Waals surface area contributed by atoms with Crippen molar-refractivity contribution in [2.24, 2.45) is 5.92 Å². The average Bonchev–Trinajstić information content (AvgIpc) is 3.26. The Labute approximate surface area is 169 Å². The molecule has 1 saturated heterocycles. The Hall–Kier alpha value is -2.80. The first-order valence-corrected chi connectivity index (χ1v) is 10.2. The van der Waals surface area contributed by atoms with Gasteiger partial charge in [-0.15, -0.1) is 0 Å². The Kier molecular flexibility index (Phi) is 4.35. The number of pyridine rings is 1. The average molecular weight is 392 g/mol. The van der Waals surface area contributed by atoms with Crippen LogP contribution in [-0.4, -0.2) is 49.0 Å². The zero-order valence-corrected chi connectivity index (χ0v) is 17.1. The number of nitrogens with zero attached hydrogens (tertiary/aromatic N) is 6. The van der Waals surface area contributed by atoms with Gasteiger partial charge in [-0.05, 0) is 76.9 Å². The summed E-state index contributed by atoms with van der Waals surface area (Å²) in [4.78, 5) is 11.4. The van der Waals surface area contributed by atoms with E-state index in [0.717, 1.165) is 53.4 Å². The molecule has 0 spiro atoms. The highest BCUT2D eigenvalue weighted by Gasteiger charge is 2.19. The summed E-state index contributed by atoms with van der Waals surface area (Å²) in [6, 6.07) is 3.48. The molecule has 4 aromatic heterocycles. The highest BCUT2D eigenvalue weighted by atomic mass is 19.1. The summed E-state index contributed by atoms with van der Waals surface area (Å²) in [5, 5.41) is 4.63. The number of aryl methyl sites for hydroxylation is 2. The summed E-state index contributed by atoms with van der Waals surface area (Å²) in [6.07, 6.45) is 9.02. The highest BCUT2D eigenvalue weighted by molar-refractivity contribution is 5.64. The maximum Gasteiger partial charge on any atom is 0.173 e. The second kappa shape index (κ2) is 6.91. The van der Waals surface area contributed by atoms with Gasteiger partial charge < -0.3 is 9.30 Å². The maximum absolute atomic E-state index is 14.9. The SMILES string of the molecule is Cc1cn2nc(-c3cc(F)c4nc(CC5CCN(C)CC5)cn4c3)cc(C)c2n1. The number of rotatable bonds is 3. The first-order chi connectivity index (χ1) is 14.0. The molecule has 0 bridgehead atoms. The van der Waals surface area contributed by atoms with Crippen LogP contribution in [0.3, 0.4) is 0 Å². The standard InChI is InChI=1S/C22H25FN6/c1-14-8-20(26-29-11-15(2)24-21(14)29)17-10-19(23)22-25-18(13-28(22)12-17)9-16-4-6-27(3)7-5-16/h8,10-13,16H,4-7,9H2,1-3H3. The van der Waals surface area contributed by atoms with Gasteiger partial charge in [0.25, 0.3) is 0 Å². The fraction of sp³-hybridized carbons (Fsp3) is 0.409. The van der Waals surface area contributed by atoms with Crippen LogP contribution in [0.5, 0.6) is 0 Å². The minimum atomic E-state index is -0.321. The molecular weight excluding hydrogens is 367 g/mol. The van der Waals surface area contributed by atoms with Gasteiger partial charge in [0.05, 0.1) is 23.3 Å². The van der Waals surface area contributed by atoms with E-state index in [4.69, 9.17) is 0 Å². The van der Waals surface area contributed by atoms with Crippen LogP contribution in [-0.2, 0) is 6.42 Å². The van der Waals surface area contributed by atoms with Gasteiger partial charge in [0.1, 0.15) is 0 Å². The van der Waals surface area contributed by atoms with Gasteiger partial charge in [-0.2, -0.15) is 5.10 Å². The van der Waals surface area contributed by atoms with Crippen LogP contribution in [0.2, 0.25) is 0 Å². The van der Waals surface area contributed by atoms with Gasteiger partial charge in [-0.25, -0.2) is 18.9 Å². The van der Waals surface area contributed by atoms with Gasteiger partial charge >= 0.3 is 0 Å². The number of likely N-dealkylation sites (tertiary alicyclic amines) is 1. The lowest BCUT2D eigenvalue weighted by molar-refractivity contribution is 0.218. The fourth-order valence-electron chi connectivity index (χ4n) is 4.29. The van der Waals surface area contributed by atoms with Crippen molar-refractivity contribution in [3.8, 4) is 11.3 Å². The Morgan fingerprint density at radius 1 is 1.03 bits per heavy atom. The van der Waals surface area contributed by atoms with E-state index >= 15 is 0 Å². The minimum absolute atomic E-state index is 0.321. The van der Waals surface area contributed by atoms with Gasteiger partial charge in [-0.3, -0.25) is 0 Å². The smallest absolute Gasteiger partial charge is 0.173 e. The number of fused-ring (bicyclic) bond motifs is 2. The second-order valence-electron chi connectivity index (χ2n) is 8.35. The molecule has 0 aromatic carbocycles. The molecule has 5 rings (SSSR count). The molecule has 0 radical (unpaired) electrons. The van der Waals surface area contributed by atoms with Crippen molar-refractivity contribution in [1.29, 1.82) is 0 Å². The first kappa shape index (κ1) is 18.2. The Morgan fingerprint density at radius 3 is 2.62 bits per heavy atom. The number of hydrogen-bond donors (Lipinski definition) is 0. The second-order valence-corrected chi connectivity index (χ2v) is 8.35. The molecule has 150 valence electrons. The van der Waals surface area contributed by atoms with E-state index in [9.17, 15) is 4.39 Å². The molecule has 4 aromatic rings. The van der Waals surface area contributed by atoms with Crippen LogP contribution in [0.1, 0.15) is 29.8 Å². The predicted molar refractivity (Wildman–Crippen MR) is 111 cm³/mol. The molecule has 1 aliphatic heterocycles. The van der Waals surface area contributed by atoms with Crippen LogP contribution in [0, 0.1) is 25.6 Å². The monoisotopic (exact) mass is 392 g/mol. The van der Waals surface area contributed by atoms with Gasteiger partial charge in [0.2, 0.25) is 0 Å². The van der Waals surface area contributed by atoms with Crippen molar-refractivity contribution in [3.05, 3.63) is 53.5 Å². The quantitative estimate of drug-likeness (QED) is 0.534.